The SMILES string of the molecule is Cc1ccc2c(-c3ccc(Cl)cc3)c([C@H](OC(C)(C)C)C(=O)O)c(Cl)cc2n1. The molecule has 0 spiro atoms. The topological polar surface area (TPSA) is 59.4 Å². The van der Waals surface area contributed by atoms with Crippen molar-refractivity contribution in [3.05, 3.63) is 63.8 Å². The van der Waals surface area contributed by atoms with Crippen LogP contribution in [0.5, 0.6) is 0 Å². The van der Waals surface area contributed by atoms with E-state index in [4.69, 9.17) is 27.9 Å². The second kappa shape index (κ2) is 7.70. The molecule has 0 amide bonds. The maximum absolute atomic E-state index is 12.1. The Morgan fingerprint density at radius 3 is 2.32 bits per heavy atom. The third-order valence-electron chi connectivity index (χ3n) is 4.21. The molecule has 2 aromatic carbocycles. The number of carboxylic acids is 1. The van der Waals surface area contributed by atoms with Gasteiger partial charge >= 0.3 is 5.97 Å². The molecule has 0 aliphatic carbocycles. The molecule has 6 heteroatoms. The van der Waals surface area contributed by atoms with Gasteiger partial charge in [-0.25, -0.2) is 4.79 Å². The van der Waals surface area contributed by atoms with E-state index in [9.17, 15) is 9.90 Å². The van der Waals surface area contributed by atoms with Gasteiger partial charge in [-0.1, -0.05) is 41.4 Å². The van der Waals surface area contributed by atoms with Gasteiger partial charge in [0.1, 0.15) is 0 Å². The number of halogens is 2. The van der Waals surface area contributed by atoms with Gasteiger partial charge < -0.3 is 9.84 Å². The largest absolute Gasteiger partial charge is 0.479 e. The Labute approximate surface area is 174 Å². The van der Waals surface area contributed by atoms with Crippen molar-refractivity contribution in [2.75, 3.05) is 0 Å². The number of aliphatic carboxylic acids is 1. The lowest BCUT2D eigenvalue weighted by Gasteiger charge is -2.28. The zero-order chi connectivity index (χ0) is 20.6. The first-order valence-corrected chi connectivity index (χ1v) is 9.59. The predicted octanol–water partition coefficient (Wildman–Crippen LogP) is 6.46. The average molecular weight is 418 g/mol. The van der Waals surface area contributed by atoms with Crippen LogP contribution in [0.2, 0.25) is 10.0 Å². The number of fused-ring (bicyclic) bond motifs is 1. The monoisotopic (exact) mass is 417 g/mol. The molecule has 1 heterocycles. The smallest absolute Gasteiger partial charge is 0.337 e. The first-order chi connectivity index (χ1) is 13.1. The summed E-state index contributed by atoms with van der Waals surface area (Å²) in [6.07, 6.45) is -1.23. The van der Waals surface area contributed by atoms with Crippen LogP contribution in [0.3, 0.4) is 0 Å². The molecule has 3 aromatic rings. The molecular formula is C22H21Cl2NO3. The molecule has 28 heavy (non-hydrogen) atoms. The van der Waals surface area contributed by atoms with Crippen molar-refractivity contribution >= 4 is 40.1 Å². The quantitative estimate of drug-likeness (QED) is 0.528. The number of aryl methyl sites for hydroxylation is 1. The van der Waals surface area contributed by atoms with Gasteiger partial charge in [0.15, 0.2) is 6.10 Å². The fourth-order valence-electron chi connectivity index (χ4n) is 3.13. The van der Waals surface area contributed by atoms with Gasteiger partial charge in [0.05, 0.1) is 11.1 Å². The molecular weight excluding hydrogens is 397 g/mol. The summed E-state index contributed by atoms with van der Waals surface area (Å²) in [6, 6.07) is 12.7. The summed E-state index contributed by atoms with van der Waals surface area (Å²) < 4.78 is 5.89. The minimum absolute atomic E-state index is 0.298. The number of ether oxygens (including phenoxy) is 1. The fourth-order valence-corrected chi connectivity index (χ4v) is 3.55. The molecule has 1 aromatic heterocycles. The zero-order valence-electron chi connectivity index (χ0n) is 16.1. The van der Waals surface area contributed by atoms with Crippen molar-refractivity contribution in [3.8, 4) is 11.1 Å². The van der Waals surface area contributed by atoms with Crippen LogP contribution in [0.4, 0.5) is 0 Å². The molecule has 0 radical (unpaired) electrons. The van der Waals surface area contributed by atoms with E-state index in [0.29, 0.717) is 26.7 Å². The molecule has 1 atom stereocenters. The summed E-state index contributed by atoms with van der Waals surface area (Å²) in [5.74, 6) is -1.11. The minimum Gasteiger partial charge on any atom is -0.479 e. The standard InChI is InChI=1S/C22H21Cl2NO3/c1-12-5-10-15-17(25-12)11-16(24)19(20(21(26)27)28-22(2,3)4)18(15)13-6-8-14(23)9-7-13/h5-11,20H,1-4H3,(H,26,27)/t20-/m0/s1. The van der Waals surface area contributed by atoms with Crippen LogP contribution in [0, 0.1) is 6.92 Å². The first kappa shape index (κ1) is 20.6. The second-order valence-electron chi connectivity index (χ2n) is 7.62. The third kappa shape index (κ3) is 4.30. The average Bonchev–Trinajstić information content (AvgIpc) is 2.58. The number of benzene rings is 2. The van der Waals surface area contributed by atoms with Crippen molar-refractivity contribution in [3.63, 3.8) is 0 Å². The molecule has 0 unspecified atom stereocenters. The maximum Gasteiger partial charge on any atom is 0.337 e. The van der Waals surface area contributed by atoms with Crippen molar-refractivity contribution < 1.29 is 14.6 Å². The molecule has 0 saturated carbocycles. The number of nitrogens with zero attached hydrogens (tertiary/aromatic N) is 1. The highest BCUT2D eigenvalue weighted by Gasteiger charge is 2.32. The lowest BCUT2D eigenvalue weighted by Crippen LogP contribution is -2.28. The van der Waals surface area contributed by atoms with Gasteiger partial charge in [-0.2, -0.15) is 0 Å². The highest BCUT2D eigenvalue weighted by Crippen LogP contribution is 2.42. The number of aromatic nitrogens is 1. The number of carboxylic acid groups (broad SMARTS) is 1. The summed E-state index contributed by atoms with van der Waals surface area (Å²) >= 11 is 12.7. The van der Waals surface area contributed by atoms with E-state index < -0.39 is 17.7 Å². The van der Waals surface area contributed by atoms with Crippen molar-refractivity contribution in [2.24, 2.45) is 0 Å². The Morgan fingerprint density at radius 1 is 1.11 bits per heavy atom. The highest BCUT2D eigenvalue weighted by atomic mass is 35.5. The summed E-state index contributed by atoms with van der Waals surface area (Å²) in [5.41, 5.74) is 2.75. The Hall–Kier alpha value is -2.14. The van der Waals surface area contributed by atoms with Crippen LogP contribution in [0.25, 0.3) is 22.0 Å². The summed E-state index contributed by atoms with van der Waals surface area (Å²) in [5, 5.41) is 11.6. The van der Waals surface area contributed by atoms with E-state index in [1.807, 2.05) is 52.0 Å². The molecule has 3 rings (SSSR count). The Morgan fingerprint density at radius 2 is 1.75 bits per heavy atom. The van der Waals surface area contributed by atoms with E-state index >= 15 is 0 Å². The molecule has 0 fully saturated rings. The van der Waals surface area contributed by atoms with Gasteiger partial charge in [0.25, 0.3) is 0 Å². The van der Waals surface area contributed by atoms with Gasteiger partial charge in [-0.05, 0) is 63.1 Å². The molecule has 1 N–H and O–H groups in total. The third-order valence-corrected chi connectivity index (χ3v) is 4.78. The number of hydrogen-bond acceptors (Lipinski definition) is 3. The van der Waals surface area contributed by atoms with Crippen LogP contribution in [-0.2, 0) is 9.53 Å². The Balaban J connectivity index is 2.39. The first-order valence-electron chi connectivity index (χ1n) is 8.83. The number of rotatable bonds is 4. The van der Waals surface area contributed by atoms with Crippen LogP contribution >= 0.6 is 23.2 Å². The van der Waals surface area contributed by atoms with Crippen LogP contribution < -0.4 is 0 Å². The van der Waals surface area contributed by atoms with Gasteiger partial charge in [0, 0.05) is 26.7 Å². The lowest BCUT2D eigenvalue weighted by molar-refractivity contribution is -0.160. The number of carbonyl (C=O) groups is 1. The fraction of sp³-hybridized carbons (Fsp3) is 0.273. The van der Waals surface area contributed by atoms with E-state index in [1.54, 1.807) is 18.2 Å². The normalized spacial score (nSPS) is 12.9. The summed E-state index contributed by atoms with van der Waals surface area (Å²) in [4.78, 5) is 16.7. The molecule has 4 nitrogen and oxygen atoms in total. The van der Waals surface area contributed by atoms with Crippen LogP contribution in [0.15, 0.2) is 42.5 Å². The lowest BCUT2D eigenvalue weighted by atomic mass is 9.91. The van der Waals surface area contributed by atoms with Crippen LogP contribution in [0.1, 0.15) is 38.1 Å². The Kier molecular flexibility index (Phi) is 5.67. The Bertz CT molecular complexity index is 1040. The second-order valence-corrected chi connectivity index (χ2v) is 8.47. The number of hydrogen-bond donors (Lipinski definition) is 1. The molecule has 0 bridgehead atoms. The van der Waals surface area contributed by atoms with E-state index in [0.717, 1.165) is 16.6 Å². The van der Waals surface area contributed by atoms with E-state index in [2.05, 4.69) is 4.98 Å². The predicted molar refractivity (Wildman–Crippen MR) is 113 cm³/mol. The van der Waals surface area contributed by atoms with E-state index in [1.165, 1.54) is 0 Å². The molecule has 0 saturated heterocycles. The van der Waals surface area contributed by atoms with Crippen molar-refractivity contribution in [2.45, 2.75) is 39.4 Å². The van der Waals surface area contributed by atoms with Crippen LogP contribution in [-0.4, -0.2) is 21.7 Å². The zero-order valence-corrected chi connectivity index (χ0v) is 17.6. The van der Waals surface area contributed by atoms with E-state index in [-0.39, 0.29) is 0 Å². The van der Waals surface area contributed by atoms with Gasteiger partial charge in [-0.15, -0.1) is 0 Å². The van der Waals surface area contributed by atoms with Crippen molar-refractivity contribution in [1.29, 1.82) is 0 Å². The molecule has 146 valence electrons. The minimum atomic E-state index is -1.23. The molecule has 0 aliphatic heterocycles. The van der Waals surface area contributed by atoms with Crippen molar-refractivity contribution in [1.82, 2.24) is 4.98 Å². The summed E-state index contributed by atoms with van der Waals surface area (Å²) in [7, 11) is 0. The number of pyridine rings is 1. The molecule has 0 aliphatic rings. The summed E-state index contributed by atoms with van der Waals surface area (Å²) in [6.45, 7) is 7.33. The van der Waals surface area contributed by atoms with Gasteiger partial charge in [-0.3, -0.25) is 4.98 Å². The van der Waals surface area contributed by atoms with Gasteiger partial charge in [0.2, 0.25) is 0 Å². The maximum atomic E-state index is 12.1. The highest BCUT2D eigenvalue weighted by molar-refractivity contribution is 6.33.